The molecule has 228 valence electrons. The van der Waals surface area contributed by atoms with Gasteiger partial charge in [0.15, 0.2) is 0 Å². The van der Waals surface area contributed by atoms with Gasteiger partial charge in [0.25, 0.3) is 5.95 Å². The minimum Gasteiger partial charge on any atom is -0.464 e. The second-order valence-electron chi connectivity index (χ2n) is 9.89. The van der Waals surface area contributed by atoms with E-state index in [2.05, 4.69) is 16.2 Å². The van der Waals surface area contributed by atoms with Gasteiger partial charge >= 0.3 is 12.3 Å². The maximum atomic E-state index is 13.7. The number of hydrogen-bond donors (Lipinski definition) is 1. The maximum absolute atomic E-state index is 13.7. The number of fused-ring (bicyclic) bond motifs is 1. The Morgan fingerprint density at radius 1 is 1.02 bits per heavy atom. The summed E-state index contributed by atoms with van der Waals surface area (Å²) in [6.45, 7) is 1.47. The number of amides is 1. The Hall–Kier alpha value is -5.67. The van der Waals surface area contributed by atoms with Gasteiger partial charge in [0.1, 0.15) is 6.04 Å². The second-order valence-corrected chi connectivity index (χ2v) is 11.8. The third-order valence-corrected chi connectivity index (χ3v) is 8.67. The third kappa shape index (κ3) is 5.93. The van der Waals surface area contributed by atoms with Gasteiger partial charge in [-0.3, -0.25) is 4.90 Å². The summed E-state index contributed by atoms with van der Waals surface area (Å²) in [6, 6.07) is 21.7. The second kappa shape index (κ2) is 11.8. The molecule has 0 spiro atoms. The number of aromatic nitrogens is 3. The summed E-state index contributed by atoms with van der Waals surface area (Å²) < 4.78 is 68.9. The highest BCUT2D eigenvalue weighted by atomic mass is 32.2. The predicted octanol–water partition coefficient (Wildman–Crippen LogP) is 5.76. The van der Waals surface area contributed by atoms with Gasteiger partial charge < -0.3 is 5.11 Å². The molecule has 0 unspecified atom stereocenters. The van der Waals surface area contributed by atoms with E-state index in [0.717, 1.165) is 22.9 Å². The monoisotopic (exact) mass is 633 g/mol. The first-order chi connectivity index (χ1) is 21.4. The average Bonchev–Trinajstić information content (AvgIpc) is 3.42. The Morgan fingerprint density at radius 3 is 2.31 bits per heavy atom. The molecule has 1 amide bonds. The zero-order valence-corrected chi connectivity index (χ0v) is 24.2. The van der Waals surface area contributed by atoms with Gasteiger partial charge in [-0.1, -0.05) is 48.5 Å². The van der Waals surface area contributed by atoms with Crippen molar-refractivity contribution < 1.29 is 31.5 Å². The molecule has 2 heterocycles. The minimum absolute atomic E-state index is 0.00915. The van der Waals surface area contributed by atoms with Gasteiger partial charge in [-0.05, 0) is 54.8 Å². The van der Waals surface area contributed by atoms with E-state index in [-0.39, 0.29) is 33.6 Å². The van der Waals surface area contributed by atoms with E-state index in [4.69, 9.17) is 0 Å². The van der Waals surface area contributed by atoms with Crippen LogP contribution in [0.15, 0.2) is 90.1 Å². The molecule has 0 bridgehead atoms. The van der Waals surface area contributed by atoms with E-state index in [1.807, 2.05) is 6.07 Å². The van der Waals surface area contributed by atoms with Crippen molar-refractivity contribution in [2.24, 2.45) is 0 Å². The zero-order chi connectivity index (χ0) is 32.5. The first kappa shape index (κ1) is 30.8. The van der Waals surface area contributed by atoms with Gasteiger partial charge in [0, 0.05) is 11.4 Å². The summed E-state index contributed by atoms with van der Waals surface area (Å²) in [5.74, 6) is -1.64. The quantitative estimate of drug-likeness (QED) is 0.267. The van der Waals surface area contributed by atoms with Crippen LogP contribution in [0, 0.1) is 22.7 Å². The first-order valence-electron chi connectivity index (χ1n) is 13.2. The van der Waals surface area contributed by atoms with Crippen molar-refractivity contribution in [2.75, 3.05) is 15.0 Å². The molecule has 1 N–H and O–H groups in total. The fourth-order valence-electron chi connectivity index (χ4n) is 4.94. The number of sulfonamides is 1. The molecule has 4 aromatic rings. The summed E-state index contributed by atoms with van der Waals surface area (Å²) >= 11 is 0. The molecule has 0 radical (unpaired) electrons. The molecule has 1 aromatic heterocycles. The van der Waals surface area contributed by atoms with E-state index < -0.39 is 45.6 Å². The summed E-state index contributed by atoms with van der Waals surface area (Å²) in [6.07, 6.45) is -6.64. The Morgan fingerprint density at radius 2 is 1.71 bits per heavy atom. The SMILES string of the molecule is CC1=C(C#N)[C@@H](c2ccc(C#N)cc2)n2nc(N(C(=O)O)S(=O)(=O)CCc3ccccc3)nc2N1c1cccc(C(F)(F)F)c1. The summed E-state index contributed by atoms with van der Waals surface area (Å²) in [4.78, 5) is 17.8. The van der Waals surface area contributed by atoms with Crippen molar-refractivity contribution in [3.8, 4) is 12.1 Å². The number of carboxylic acid groups (broad SMARTS) is 1. The van der Waals surface area contributed by atoms with Crippen molar-refractivity contribution in [2.45, 2.75) is 25.6 Å². The van der Waals surface area contributed by atoms with Crippen LogP contribution in [0.3, 0.4) is 0 Å². The summed E-state index contributed by atoms with van der Waals surface area (Å²) in [5, 5.41) is 33.8. The normalized spacial score (nSPS) is 14.8. The highest BCUT2D eigenvalue weighted by Crippen LogP contribution is 2.44. The highest BCUT2D eigenvalue weighted by molar-refractivity contribution is 7.93. The molecule has 1 aliphatic heterocycles. The first-order valence-corrected chi connectivity index (χ1v) is 14.8. The number of nitriles is 2. The number of hydrogen-bond acceptors (Lipinski definition) is 8. The lowest BCUT2D eigenvalue weighted by molar-refractivity contribution is -0.137. The Balaban J connectivity index is 1.70. The summed E-state index contributed by atoms with van der Waals surface area (Å²) in [5.41, 5.74) is 0.422. The van der Waals surface area contributed by atoms with Gasteiger partial charge in [-0.25, -0.2) is 17.9 Å². The van der Waals surface area contributed by atoms with E-state index in [1.54, 1.807) is 30.3 Å². The van der Waals surface area contributed by atoms with Gasteiger partial charge in [-0.2, -0.15) is 28.7 Å². The van der Waals surface area contributed by atoms with Gasteiger partial charge in [-0.15, -0.1) is 9.40 Å². The molecular weight excluding hydrogens is 611 g/mol. The van der Waals surface area contributed by atoms with Crippen LogP contribution in [0.25, 0.3) is 0 Å². The number of halogens is 3. The van der Waals surface area contributed by atoms with Crippen LogP contribution < -0.4 is 9.21 Å². The molecule has 3 aromatic carbocycles. The van der Waals surface area contributed by atoms with Crippen molar-refractivity contribution in [3.63, 3.8) is 0 Å². The van der Waals surface area contributed by atoms with Crippen LogP contribution in [0.5, 0.6) is 0 Å². The molecular formula is C30H22F3N7O4S. The molecule has 1 aliphatic rings. The molecule has 15 heteroatoms. The standard InChI is InChI=1S/C30H22F3N7O4S/c1-19-25(18-35)26(22-12-10-21(17-34)11-13-22)39-28(38(19)24-9-5-8-23(16-24)30(31,32)33)36-27(37-39)40(29(41)42)45(43,44)15-14-20-6-3-2-4-7-20/h2-13,16,26H,14-15H2,1H3,(H,41,42)/t26-/m1/s1. The number of allylic oxidation sites excluding steroid dienone is 2. The lowest BCUT2D eigenvalue weighted by Gasteiger charge is -2.34. The number of anilines is 3. The minimum atomic E-state index is -4.71. The molecule has 11 nitrogen and oxygen atoms in total. The van der Waals surface area contributed by atoms with Crippen LogP contribution >= 0.6 is 0 Å². The lowest BCUT2D eigenvalue weighted by atomic mass is 9.95. The van der Waals surface area contributed by atoms with Crippen LogP contribution in [0.2, 0.25) is 0 Å². The van der Waals surface area contributed by atoms with E-state index >= 15 is 0 Å². The highest BCUT2D eigenvalue weighted by Gasteiger charge is 2.40. The molecule has 0 saturated heterocycles. The predicted molar refractivity (Wildman–Crippen MR) is 156 cm³/mol. The van der Waals surface area contributed by atoms with Crippen molar-refractivity contribution in [1.29, 1.82) is 10.5 Å². The van der Waals surface area contributed by atoms with E-state index in [0.29, 0.717) is 16.7 Å². The average molecular weight is 634 g/mol. The lowest BCUT2D eigenvalue weighted by Crippen LogP contribution is -2.39. The van der Waals surface area contributed by atoms with E-state index in [1.165, 1.54) is 42.2 Å². The van der Waals surface area contributed by atoms with Crippen molar-refractivity contribution in [3.05, 3.63) is 112 Å². The molecule has 0 saturated carbocycles. The number of nitrogens with zero attached hydrogens (tertiary/aromatic N) is 7. The van der Waals surface area contributed by atoms with Crippen LogP contribution in [0.4, 0.5) is 35.5 Å². The van der Waals surface area contributed by atoms with Crippen LogP contribution in [-0.2, 0) is 22.6 Å². The fraction of sp³-hybridized carbons (Fsp3) is 0.167. The molecule has 0 fully saturated rings. The molecule has 5 rings (SSSR count). The van der Waals surface area contributed by atoms with E-state index in [9.17, 15) is 42.0 Å². The number of aryl methyl sites for hydroxylation is 1. The van der Waals surface area contributed by atoms with Crippen LogP contribution in [-0.4, -0.2) is 40.1 Å². The van der Waals surface area contributed by atoms with Crippen LogP contribution in [0.1, 0.15) is 35.2 Å². The molecule has 1 atom stereocenters. The Labute approximate surface area is 255 Å². The number of benzene rings is 3. The molecule has 45 heavy (non-hydrogen) atoms. The topological polar surface area (TPSA) is 156 Å². The van der Waals surface area contributed by atoms with Gasteiger partial charge in [0.2, 0.25) is 16.0 Å². The summed E-state index contributed by atoms with van der Waals surface area (Å²) in [7, 11) is -4.59. The smallest absolute Gasteiger partial charge is 0.428 e. The Bertz CT molecular complexity index is 2000. The third-order valence-electron chi connectivity index (χ3n) is 7.08. The molecule has 0 aliphatic carbocycles. The Kier molecular flexibility index (Phi) is 8.06. The number of rotatable bonds is 7. The van der Waals surface area contributed by atoms with Crippen molar-refractivity contribution >= 4 is 33.7 Å². The fourth-order valence-corrected chi connectivity index (χ4v) is 6.18. The number of alkyl halides is 3. The maximum Gasteiger partial charge on any atom is 0.428 e. The zero-order valence-electron chi connectivity index (χ0n) is 23.3. The number of carbonyl (C=O) groups is 1. The largest absolute Gasteiger partial charge is 0.464 e. The van der Waals surface area contributed by atoms with Crippen molar-refractivity contribution in [1.82, 2.24) is 14.8 Å². The van der Waals surface area contributed by atoms with Gasteiger partial charge in [0.05, 0.1) is 34.6 Å².